The Hall–Kier alpha value is -4.34. The van der Waals surface area contributed by atoms with Crippen molar-refractivity contribution in [3.05, 3.63) is 125 Å². The van der Waals surface area contributed by atoms with Crippen LogP contribution in [-0.4, -0.2) is 50.9 Å². The highest BCUT2D eigenvalue weighted by atomic mass is 35.5. The number of benzene rings is 4. The van der Waals surface area contributed by atoms with Crippen LogP contribution in [0, 0.1) is 6.92 Å². The average Bonchev–Trinajstić information content (AvgIpc) is 3.02. The largest absolute Gasteiger partial charge is 0.495 e. The van der Waals surface area contributed by atoms with Crippen molar-refractivity contribution in [2.45, 2.75) is 50.7 Å². The van der Waals surface area contributed by atoms with Gasteiger partial charge in [-0.05, 0) is 62.2 Å². The number of anilines is 1. The number of aryl methyl sites for hydroxylation is 1. The Morgan fingerprint density at radius 3 is 2.07 bits per heavy atom. The Labute approximate surface area is 270 Å². The van der Waals surface area contributed by atoms with E-state index in [1.54, 1.807) is 24.3 Å². The quantitative estimate of drug-likeness (QED) is 0.192. The van der Waals surface area contributed by atoms with Crippen molar-refractivity contribution in [2.24, 2.45) is 0 Å². The Bertz CT molecular complexity index is 1700. The van der Waals surface area contributed by atoms with Crippen LogP contribution in [0.3, 0.4) is 0 Å². The summed E-state index contributed by atoms with van der Waals surface area (Å²) in [5.41, 5.74) is 2.89. The smallest absolute Gasteiger partial charge is 0.264 e. The van der Waals surface area contributed by atoms with Crippen LogP contribution in [0.1, 0.15) is 30.5 Å². The molecule has 0 aromatic heterocycles. The van der Waals surface area contributed by atoms with Gasteiger partial charge < -0.3 is 15.0 Å². The minimum Gasteiger partial charge on any atom is -0.495 e. The minimum atomic E-state index is -4.24. The molecule has 0 spiro atoms. The lowest BCUT2D eigenvalue weighted by atomic mass is 10.0. The van der Waals surface area contributed by atoms with Crippen molar-refractivity contribution < 1.29 is 22.7 Å². The topological polar surface area (TPSA) is 96.0 Å². The molecule has 0 heterocycles. The van der Waals surface area contributed by atoms with Gasteiger partial charge >= 0.3 is 0 Å². The molecule has 8 nitrogen and oxygen atoms in total. The first kappa shape index (κ1) is 33.6. The van der Waals surface area contributed by atoms with Gasteiger partial charge in [0.25, 0.3) is 10.0 Å². The predicted molar refractivity (Wildman–Crippen MR) is 178 cm³/mol. The number of methoxy groups -OCH3 is 1. The van der Waals surface area contributed by atoms with Crippen molar-refractivity contribution in [2.75, 3.05) is 18.0 Å². The van der Waals surface area contributed by atoms with Crippen molar-refractivity contribution in [3.63, 3.8) is 0 Å². The molecule has 1 unspecified atom stereocenters. The number of nitrogens with zero attached hydrogens (tertiary/aromatic N) is 2. The first-order chi connectivity index (χ1) is 21.5. The normalized spacial score (nSPS) is 12.0. The van der Waals surface area contributed by atoms with Crippen LogP contribution >= 0.6 is 11.6 Å². The molecule has 45 heavy (non-hydrogen) atoms. The summed E-state index contributed by atoms with van der Waals surface area (Å²) >= 11 is 6.42. The molecule has 4 rings (SSSR count). The molecule has 1 atom stereocenters. The Morgan fingerprint density at radius 2 is 1.49 bits per heavy atom. The fourth-order valence-electron chi connectivity index (χ4n) is 4.88. The molecule has 0 bridgehead atoms. The number of amides is 2. The van der Waals surface area contributed by atoms with E-state index in [0.29, 0.717) is 5.75 Å². The number of hydrogen-bond donors (Lipinski definition) is 1. The van der Waals surface area contributed by atoms with Crippen LogP contribution in [0.2, 0.25) is 5.02 Å². The van der Waals surface area contributed by atoms with E-state index in [4.69, 9.17) is 16.3 Å². The summed E-state index contributed by atoms with van der Waals surface area (Å²) in [5, 5.41) is 3.14. The second kappa shape index (κ2) is 15.1. The second-order valence-corrected chi connectivity index (χ2v) is 13.3. The summed E-state index contributed by atoms with van der Waals surface area (Å²) in [6.07, 6.45) is 0.233. The number of nitrogens with one attached hydrogen (secondary N) is 1. The Morgan fingerprint density at radius 1 is 0.867 bits per heavy atom. The molecule has 2 amide bonds. The molecule has 0 fully saturated rings. The summed E-state index contributed by atoms with van der Waals surface area (Å²) in [4.78, 5) is 29.7. The molecule has 4 aromatic carbocycles. The van der Waals surface area contributed by atoms with E-state index in [2.05, 4.69) is 5.32 Å². The molecular formula is C35H38ClN3O5S. The molecule has 0 aliphatic rings. The van der Waals surface area contributed by atoms with Crippen LogP contribution < -0.4 is 14.4 Å². The number of carbonyl (C=O) groups excluding carboxylic acids is 2. The number of carbonyl (C=O) groups is 2. The zero-order valence-corrected chi connectivity index (χ0v) is 27.4. The minimum absolute atomic E-state index is 0.00760. The fraction of sp³-hybridized carbons (Fsp3) is 0.257. The van der Waals surface area contributed by atoms with E-state index in [1.807, 2.05) is 75.4 Å². The van der Waals surface area contributed by atoms with Crippen LogP contribution in [0.25, 0.3) is 0 Å². The van der Waals surface area contributed by atoms with Crippen molar-refractivity contribution >= 4 is 39.1 Å². The molecule has 0 aliphatic carbocycles. The average molecular weight is 648 g/mol. The van der Waals surface area contributed by atoms with Crippen molar-refractivity contribution in [3.8, 4) is 5.75 Å². The highest BCUT2D eigenvalue weighted by Gasteiger charge is 2.35. The summed E-state index contributed by atoms with van der Waals surface area (Å²) < 4.78 is 34.5. The molecule has 10 heteroatoms. The van der Waals surface area contributed by atoms with E-state index in [9.17, 15) is 18.0 Å². The van der Waals surface area contributed by atoms with Gasteiger partial charge in [0, 0.05) is 19.0 Å². The van der Waals surface area contributed by atoms with Crippen LogP contribution in [0.15, 0.2) is 108 Å². The van der Waals surface area contributed by atoms with Gasteiger partial charge in [-0.2, -0.15) is 0 Å². The lowest BCUT2D eigenvalue weighted by Crippen LogP contribution is -2.54. The molecular weight excluding hydrogens is 610 g/mol. The highest BCUT2D eigenvalue weighted by Crippen LogP contribution is 2.32. The lowest BCUT2D eigenvalue weighted by Gasteiger charge is -2.34. The fourth-order valence-corrected chi connectivity index (χ4v) is 6.56. The second-order valence-electron chi connectivity index (χ2n) is 11.0. The maximum absolute atomic E-state index is 14.5. The maximum Gasteiger partial charge on any atom is 0.264 e. The summed E-state index contributed by atoms with van der Waals surface area (Å²) in [6, 6.07) is 28.4. The number of halogens is 1. The lowest BCUT2D eigenvalue weighted by molar-refractivity contribution is -0.140. The van der Waals surface area contributed by atoms with E-state index in [0.717, 1.165) is 21.0 Å². The molecule has 0 aliphatic heterocycles. The van der Waals surface area contributed by atoms with Gasteiger partial charge in [-0.15, -0.1) is 0 Å². The molecule has 236 valence electrons. The van der Waals surface area contributed by atoms with Crippen molar-refractivity contribution in [1.29, 1.82) is 0 Å². The molecule has 4 aromatic rings. The zero-order valence-electron chi connectivity index (χ0n) is 25.8. The summed E-state index contributed by atoms with van der Waals surface area (Å²) in [5.74, 6) is -0.529. The molecule has 1 N–H and O–H groups in total. The van der Waals surface area contributed by atoms with Gasteiger partial charge in [-0.3, -0.25) is 13.9 Å². The Kier molecular flexibility index (Phi) is 11.3. The Balaban J connectivity index is 1.82. The zero-order chi connectivity index (χ0) is 32.6. The monoisotopic (exact) mass is 647 g/mol. The van der Waals surface area contributed by atoms with Gasteiger partial charge in [0.1, 0.15) is 18.3 Å². The van der Waals surface area contributed by atoms with Gasteiger partial charge in [0.15, 0.2) is 0 Å². The van der Waals surface area contributed by atoms with E-state index < -0.39 is 28.5 Å². The predicted octanol–water partition coefficient (Wildman–Crippen LogP) is 6.02. The van der Waals surface area contributed by atoms with E-state index >= 15 is 0 Å². The van der Waals surface area contributed by atoms with Crippen molar-refractivity contribution in [1.82, 2.24) is 10.2 Å². The van der Waals surface area contributed by atoms with Crippen LogP contribution in [-0.2, 0) is 32.6 Å². The van der Waals surface area contributed by atoms with Gasteiger partial charge in [-0.1, -0.05) is 90.0 Å². The van der Waals surface area contributed by atoms with Gasteiger partial charge in [-0.25, -0.2) is 8.42 Å². The molecule has 0 saturated carbocycles. The van der Waals surface area contributed by atoms with Crippen LogP contribution in [0.5, 0.6) is 5.75 Å². The van der Waals surface area contributed by atoms with E-state index in [-0.39, 0.29) is 40.5 Å². The van der Waals surface area contributed by atoms with Gasteiger partial charge in [0.05, 0.1) is 22.7 Å². The van der Waals surface area contributed by atoms with Crippen LogP contribution in [0.4, 0.5) is 5.69 Å². The summed E-state index contributed by atoms with van der Waals surface area (Å²) in [7, 11) is -2.78. The summed E-state index contributed by atoms with van der Waals surface area (Å²) in [6.45, 7) is 5.18. The number of sulfonamides is 1. The SMILES string of the molecule is COc1ccc(N(CC(=O)N(Cc2ccc(C)cc2)C(Cc2ccccc2)C(=O)NC(C)C)S(=O)(=O)c2ccccc2)cc1Cl. The number of ether oxygens (including phenoxy) is 1. The molecule has 0 radical (unpaired) electrons. The first-order valence-electron chi connectivity index (χ1n) is 14.6. The third-order valence-corrected chi connectivity index (χ3v) is 9.29. The maximum atomic E-state index is 14.5. The van der Waals surface area contributed by atoms with E-state index in [1.165, 1.54) is 36.3 Å². The van der Waals surface area contributed by atoms with Gasteiger partial charge in [0.2, 0.25) is 11.8 Å². The first-order valence-corrected chi connectivity index (χ1v) is 16.4. The highest BCUT2D eigenvalue weighted by molar-refractivity contribution is 7.92. The number of hydrogen-bond acceptors (Lipinski definition) is 5. The number of rotatable bonds is 13. The third-order valence-electron chi connectivity index (χ3n) is 7.21. The standard InChI is InChI=1S/C35H38ClN3O5S/c1-25(2)37-35(41)32(21-27-11-7-5-8-12-27)38(23-28-17-15-26(3)16-18-28)34(40)24-39(29-19-20-33(44-4)31(36)22-29)45(42,43)30-13-9-6-10-14-30/h5-20,22,25,32H,21,23-24H2,1-4H3,(H,37,41). The molecule has 0 saturated heterocycles. The third kappa shape index (κ3) is 8.65.